The van der Waals surface area contributed by atoms with Crippen LogP contribution in [0.1, 0.15) is 17.7 Å². The van der Waals surface area contributed by atoms with Crippen LogP contribution in [-0.4, -0.2) is 45.0 Å². The molecule has 0 aliphatic carbocycles. The summed E-state index contributed by atoms with van der Waals surface area (Å²) in [4.78, 5) is 15.3. The van der Waals surface area contributed by atoms with Crippen LogP contribution < -0.4 is 4.90 Å². The Labute approximate surface area is 141 Å². The molecule has 2 unspecified atom stereocenters. The van der Waals surface area contributed by atoms with E-state index in [-0.39, 0.29) is 12.1 Å². The third kappa shape index (κ3) is 3.04. The van der Waals surface area contributed by atoms with Crippen molar-refractivity contribution < 1.29 is 17.6 Å². The Balaban J connectivity index is 1.41. The summed E-state index contributed by atoms with van der Waals surface area (Å²) in [5, 5.41) is 0. The Bertz CT molecular complexity index is 752. The quantitative estimate of drug-likeness (QED) is 0.794. The van der Waals surface area contributed by atoms with Crippen molar-refractivity contribution in [3.8, 4) is 0 Å². The monoisotopic (exact) mass is 353 g/mol. The van der Waals surface area contributed by atoms with Crippen LogP contribution in [-0.2, 0) is 12.7 Å². The minimum Gasteiger partial charge on any atom is -0.345 e. The second-order valence-electron chi connectivity index (χ2n) is 6.39. The van der Waals surface area contributed by atoms with Crippen LogP contribution in [0.15, 0.2) is 30.9 Å². The van der Waals surface area contributed by atoms with Gasteiger partial charge >= 0.3 is 6.18 Å². The van der Waals surface area contributed by atoms with Crippen LogP contribution >= 0.6 is 0 Å². The summed E-state index contributed by atoms with van der Waals surface area (Å²) in [5.74, 6) is -0.107. The first-order valence-corrected chi connectivity index (χ1v) is 7.90. The summed E-state index contributed by atoms with van der Waals surface area (Å²) in [6, 6.07) is 2.77. The molecular formula is C16H15F4N5. The maximum atomic E-state index is 13.9. The fraction of sp³-hybridized carbons (Fsp3) is 0.438. The van der Waals surface area contributed by atoms with Crippen molar-refractivity contribution in [1.82, 2.24) is 19.9 Å². The van der Waals surface area contributed by atoms with Gasteiger partial charge < -0.3 is 4.90 Å². The number of alkyl halides is 3. The van der Waals surface area contributed by atoms with Gasteiger partial charge in [-0.3, -0.25) is 9.88 Å². The highest BCUT2D eigenvalue weighted by atomic mass is 19.4. The normalized spacial score (nSPS) is 23.4. The van der Waals surface area contributed by atoms with Crippen LogP contribution in [0.5, 0.6) is 0 Å². The van der Waals surface area contributed by atoms with E-state index in [9.17, 15) is 17.6 Å². The summed E-state index contributed by atoms with van der Waals surface area (Å²) in [6.45, 7) is 1.94. The minimum absolute atomic E-state index is 0.158. The molecule has 2 aromatic rings. The highest BCUT2D eigenvalue weighted by Gasteiger charge is 2.46. The van der Waals surface area contributed by atoms with Gasteiger partial charge in [0.15, 0.2) is 11.6 Å². The fourth-order valence-electron chi connectivity index (χ4n) is 3.61. The van der Waals surface area contributed by atoms with Gasteiger partial charge in [0.25, 0.3) is 0 Å². The summed E-state index contributed by atoms with van der Waals surface area (Å²) >= 11 is 0. The maximum Gasteiger partial charge on any atom is 0.433 e. The molecule has 0 aromatic carbocycles. The van der Waals surface area contributed by atoms with Gasteiger partial charge in [0.2, 0.25) is 0 Å². The number of pyridine rings is 1. The Morgan fingerprint density at radius 2 is 1.84 bits per heavy atom. The van der Waals surface area contributed by atoms with Crippen LogP contribution in [0.25, 0.3) is 0 Å². The summed E-state index contributed by atoms with van der Waals surface area (Å²) in [5.41, 5.74) is -0.155. The van der Waals surface area contributed by atoms with Crippen LogP contribution in [0.2, 0.25) is 0 Å². The number of nitrogens with zero attached hydrogens (tertiary/aromatic N) is 5. The predicted octanol–water partition coefficient (Wildman–Crippen LogP) is 2.49. The van der Waals surface area contributed by atoms with E-state index >= 15 is 0 Å². The van der Waals surface area contributed by atoms with E-state index < -0.39 is 17.7 Å². The molecule has 9 heteroatoms. The highest BCUT2D eigenvalue weighted by Crippen LogP contribution is 2.37. The van der Waals surface area contributed by atoms with Crippen molar-refractivity contribution in [2.24, 2.45) is 0 Å². The lowest BCUT2D eigenvalue weighted by atomic mass is 9.87. The Morgan fingerprint density at radius 3 is 2.44 bits per heavy atom. The van der Waals surface area contributed by atoms with Crippen molar-refractivity contribution in [3.05, 3.63) is 47.9 Å². The van der Waals surface area contributed by atoms with Crippen molar-refractivity contribution in [1.29, 1.82) is 0 Å². The number of anilines is 1. The smallest absolute Gasteiger partial charge is 0.345 e. The number of fused-ring (bicyclic) bond motifs is 2. The van der Waals surface area contributed by atoms with E-state index in [1.165, 1.54) is 18.6 Å². The van der Waals surface area contributed by atoms with Crippen molar-refractivity contribution in [2.75, 3.05) is 18.0 Å². The molecule has 5 heterocycles. The molecule has 132 valence electrons. The Hall–Kier alpha value is -2.29. The molecule has 2 atom stereocenters. The first-order chi connectivity index (χ1) is 11.9. The zero-order valence-electron chi connectivity index (χ0n) is 13.1. The number of piperidine rings is 1. The maximum absolute atomic E-state index is 13.9. The number of piperazine rings is 1. The van der Waals surface area contributed by atoms with E-state index in [2.05, 4.69) is 19.9 Å². The summed E-state index contributed by atoms with van der Waals surface area (Å²) in [7, 11) is 0. The van der Waals surface area contributed by atoms with Gasteiger partial charge in [-0.25, -0.2) is 14.4 Å². The number of rotatable bonds is 3. The third-order valence-electron chi connectivity index (χ3n) is 4.68. The van der Waals surface area contributed by atoms with Crippen molar-refractivity contribution in [2.45, 2.75) is 31.2 Å². The lowest BCUT2D eigenvalue weighted by Crippen LogP contribution is -2.69. The molecule has 0 N–H and O–H groups in total. The number of aromatic nitrogens is 3. The van der Waals surface area contributed by atoms with Crippen molar-refractivity contribution >= 4 is 5.82 Å². The van der Waals surface area contributed by atoms with Gasteiger partial charge in [-0.1, -0.05) is 6.07 Å². The van der Waals surface area contributed by atoms with Gasteiger partial charge in [0.1, 0.15) is 12.0 Å². The lowest BCUT2D eigenvalue weighted by molar-refractivity contribution is -0.141. The molecule has 3 aliphatic rings. The first-order valence-electron chi connectivity index (χ1n) is 7.90. The zero-order valence-corrected chi connectivity index (χ0v) is 13.1. The zero-order chi connectivity index (χ0) is 17.6. The number of hydrogen-bond acceptors (Lipinski definition) is 5. The first kappa shape index (κ1) is 16.2. The third-order valence-corrected chi connectivity index (χ3v) is 4.68. The van der Waals surface area contributed by atoms with Gasteiger partial charge in [0.05, 0.1) is 6.20 Å². The SMILES string of the molecule is Fc1cncnc1N1C2CC1CN(Cc1ccc(C(F)(F)F)nc1)C2. The fourth-order valence-corrected chi connectivity index (χ4v) is 3.61. The van der Waals surface area contributed by atoms with Gasteiger partial charge in [-0.2, -0.15) is 13.2 Å². The molecule has 2 bridgehead atoms. The van der Waals surface area contributed by atoms with E-state index in [0.29, 0.717) is 25.5 Å². The molecule has 2 aromatic heterocycles. The Morgan fingerprint density at radius 1 is 1.08 bits per heavy atom. The summed E-state index contributed by atoms with van der Waals surface area (Å²) in [6.07, 6.45) is 0.295. The molecule has 0 saturated carbocycles. The lowest BCUT2D eigenvalue weighted by Gasteiger charge is -2.57. The van der Waals surface area contributed by atoms with Crippen LogP contribution in [0, 0.1) is 5.82 Å². The second-order valence-corrected chi connectivity index (χ2v) is 6.39. The van der Waals surface area contributed by atoms with Gasteiger partial charge in [-0.05, 0) is 18.1 Å². The van der Waals surface area contributed by atoms with E-state index in [1.807, 2.05) is 4.90 Å². The molecule has 0 radical (unpaired) electrons. The second kappa shape index (κ2) is 5.91. The van der Waals surface area contributed by atoms with E-state index in [0.717, 1.165) is 24.2 Å². The molecule has 3 saturated heterocycles. The molecule has 3 aliphatic heterocycles. The van der Waals surface area contributed by atoms with E-state index in [4.69, 9.17) is 0 Å². The molecule has 5 nitrogen and oxygen atoms in total. The molecule has 5 rings (SSSR count). The molecule has 25 heavy (non-hydrogen) atoms. The van der Waals surface area contributed by atoms with Crippen molar-refractivity contribution in [3.63, 3.8) is 0 Å². The average Bonchev–Trinajstić information content (AvgIpc) is 2.56. The topological polar surface area (TPSA) is 45.2 Å². The Kier molecular flexibility index (Phi) is 3.82. The standard InChI is InChI=1S/C16H15F4N5/c17-13-5-21-9-23-15(13)25-11-3-12(25)8-24(7-11)6-10-1-2-14(22-4-10)16(18,19)20/h1-2,4-5,9,11-12H,3,6-8H2. The van der Waals surface area contributed by atoms with Gasteiger partial charge in [-0.15, -0.1) is 0 Å². The van der Waals surface area contributed by atoms with Gasteiger partial charge in [0, 0.05) is 37.9 Å². The highest BCUT2D eigenvalue weighted by molar-refractivity contribution is 5.46. The molecule has 0 spiro atoms. The minimum atomic E-state index is -4.42. The van der Waals surface area contributed by atoms with Crippen LogP contribution in [0.3, 0.4) is 0 Å². The number of hydrogen-bond donors (Lipinski definition) is 0. The molecule has 0 amide bonds. The van der Waals surface area contributed by atoms with Crippen LogP contribution in [0.4, 0.5) is 23.4 Å². The summed E-state index contributed by atoms with van der Waals surface area (Å²) < 4.78 is 51.5. The largest absolute Gasteiger partial charge is 0.433 e. The number of halogens is 4. The van der Waals surface area contributed by atoms with E-state index in [1.54, 1.807) is 0 Å². The predicted molar refractivity (Wildman–Crippen MR) is 81.2 cm³/mol. The molecule has 3 fully saturated rings. The molecular weight excluding hydrogens is 338 g/mol. The average molecular weight is 353 g/mol.